The number of esters is 1. The third-order valence-corrected chi connectivity index (χ3v) is 3.45. The van der Waals surface area contributed by atoms with E-state index in [9.17, 15) is 4.79 Å². The molecule has 24 heavy (non-hydrogen) atoms. The van der Waals surface area contributed by atoms with E-state index in [1.807, 2.05) is 50.3 Å². The summed E-state index contributed by atoms with van der Waals surface area (Å²) < 4.78 is 9.85. The molecule has 2 rings (SSSR count). The second kappa shape index (κ2) is 9.78. The van der Waals surface area contributed by atoms with Crippen molar-refractivity contribution in [2.24, 2.45) is 0 Å². The number of carbonyl (C=O) groups is 1. The topological polar surface area (TPSA) is 38.8 Å². The van der Waals surface area contributed by atoms with Crippen molar-refractivity contribution < 1.29 is 14.3 Å². The van der Waals surface area contributed by atoms with E-state index >= 15 is 0 Å². The highest BCUT2D eigenvalue weighted by Gasteiger charge is 2.10. The molecule has 0 aliphatic heterocycles. The number of ether oxygens (including phenoxy) is 2. The third-order valence-electron chi connectivity index (χ3n) is 3.45. The van der Waals surface area contributed by atoms with Crippen LogP contribution >= 0.6 is 0 Å². The van der Waals surface area contributed by atoms with Gasteiger partial charge in [-0.2, -0.15) is 0 Å². The number of benzene rings is 2. The third kappa shape index (κ3) is 6.09. The maximum atomic E-state index is 11.4. The summed E-state index contributed by atoms with van der Waals surface area (Å²) in [4.78, 5) is 13.4. The Bertz CT molecular complexity index is 621. The van der Waals surface area contributed by atoms with Gasteiger partial charge in [0.1, 0.15) is 13.6 Å². The fourth-order valence-corrected chi connectivity index (χ4v) is 2.11. The van der Waals surface area contributed by atoms with Crippen molar-refractivity contribution >= 4 is 13.8 Å². The van der Waals surface area contributed by atoms with Crippen LogP contribution in [0, 0.1) is 0 Å². The number of carbonyl (C=O) groups excluding carboxylic acids is 1. The molecule has 2 aromatic carbocycles. The smallest absolute Gasteiger partial charge is 0.337 e. The van der Waals surface area contributed by atoms with E-state index in [2.05, 4.69) is 20.0 Å². The van der Waals surface area contributed by atoms with Crippen LogP contribution in [0.3, 0.4) is 0 Å². The molecule has 128 valence electrons. The Hall–Kier alpha value is -2.27. The van der Waals surface area contributed by atoms with Gasteiger partial charge < -0.3 is 14.4 Å². The Morgan fingerprint density at radius 1 is 0.917 bits per heavy atom. The number of nitrogens with zero attached hydrogens (tertiary/aromatic N) is 1. The lowest BCUT2D eigenvalue weighted by Gasteiger charge is -2.13. The molecule has 0 aliphatic carbocycles. The van der Waals surface area contributed by atoms with Crippen molar-refractivity contribution in [2.75, 3.05) is 35.4 Å². The summed E-state index contributed by atoms with van der Waals surface area (Å²) in [5.74, 6) is 0.795. The first-order chi connectivity index (χ1) is 11.4. The van der Waals surface area contributed by atoms with Crippen LogP contribution in [-0.2, 0) is 4.74 Å². The molecule has 0 spiro atoms. The van der Waals surface area contributed by atoms with Gasteiger partial charge in [-0.1, -0.05) is 24.3 Å². The van der Waals surface area contributed by atoms with Gasteiger partial charge in [0.25, 0.3) is 0 Å². The first-order valence-electron chi connectivity index (χ1n) is 7.82. The van der Waals surface area contributed by atoms with Gasteiger partial charge in [0, 0.05) is 0 Å². The predicted octanol–water partition coefficient (Wildman–Crippen LogP) is 2.38. The first kappa shape index (κ1) is 19.8. The average Bonchev–Trinajstić information content (AvgIpc) is 2.60. The SMILES string of the molecule is BC(c1ccc(OC)cc1)c1ccc(C(=O)OC)cc1.CN(C)C. The normalized spacial score (nSPS) is 11.2. The van der Waals surface area contributed by atoms with E-state index in [-0.39, 0.29) is 11.8 Å². The van der Waals surface area contributed by atoms with Crippen LogP contribution in [0.2, 0.25) is 0 Å². The zero-order valence-corrected chi connectivity index (χ0v) is 15.4. The summed E-state index contributed by atoms with van der Waals surface area (Å²) in [5.41, 5.74) is 2.93. The van der Waals surface area contributed by atoms with Gasteiger partial charge in [0.15, 0.2) is 0 Å². The molecule has 0 aromatic heterocycles. The predicted molar refractivity (Wildman–Crippen MR) is 101 cm³/mol. The standard InChI is InChI=1S/C16H17BO3.C3H9N/c1-19-14-9-7-12(8-10-14)15(17)11-3-5-13(6-4-11)16(18)20-2;1-4(2)3/h3-10,15H,17H2,1-2H3;1-3H3. The summed E-state index contributed by atoms with van der Waals surface area (Å²) in [6, 6.07) is 15.5. The highest BCUT2D eigenvalue weighted by Crippen LogP contribution is 2.23. The molecule has 0 fully saturated rings. The van der Waals surface area contributed by atoms with E-state index < -0.39 is 0 Å². The van der Waals surface area contributed by atoms with Gasteiger partial charge in [-0.3, -0.25) is 0 Å². The maximum absolute atomic E-state index is 11.4. The molecular formula is C19H26BNO3. The summed E-state index contributed by atoms with van der Waals surface area (Å²) in [7, 11) is 11.2. The van der Waals surface area contributed by atoms with Crippen molar-refractivity contribution in [3.05, 3.63) is 65.2 Å². The quantitative estimate of drug-likeness (QED) is 0.638. The van der Waals surface area contributed by atoms with Gasteiger partial charge in [-0.05, 0) is 62.4 Å². The fourth-order valence-electron chi connectivity index (χ4n) is 2.11. The van der Waals surface area contributed by atoms with Gasteiger partial charge in [0.2, 0.25) is 0 Å². The van der Waals surface area contributed by atoms with Crippen LogP contribution < -0.4 is 4.74 Å². The molecule has 0 radical (unpaired) electrons. The Morgan fingerprint density at radius 2 is 1.33 bits per heavy atom. The highest BCUT2D eigenvalue weighted by molar-refractivity contribution is 6.14. The molecule has 1 atom stereocenters. The average molecular weight is 327 g/mol. The van der Waals surface area contributed by atoms with Gasteiger partial charge >= 0.3 is 5.97 Å². The van der Waals surface area contributed by atoms with Crippen molar-refractivity contribution in [3.63, 3.8) is 0 Å². The van der Waals surface area contributed by atoms with Crippen molar-refractivity contribution in [2.45, 2.75) is 5.82 Å². The molecule has 0 aliphatic rings. The second-order valence-electron chi connectivity index (χ2n) is 5.95. The molecule has 0 saturated heterocycles. The van der Waals surface area contributed by atoms with Gasteiger partial charge in [0.05, 0.1) is 19.8 Å². The zero-order valence-electron chi connectivity index (χ0n) is 15.4. The van der Waals surface area contributed by atoms with Crippen LogP contribution in [0.15, 0.2) is 48.5 Å². The summed E-state index contributed by atoms with van der Waals surface area (Å²) in [6.07, 6.45) is 0. The zero-order chi connectivity index (χ0) is 18.1. The summed E-state index contributed by atoms with van der Waals surface area (Å²) in [6.45, 7) is 0. The van der Waals surface area contributed by atoms with Crippen molar-refractivity contribution in [1.82, 2.24) is 4.90 Å². The molecule has 0 heterocycles. The van der Waals surface area contributed by atoms with Crippen LogP contribution in [0.4, 0.5) is 0 Å². The molecule has 0 bridgehead atoms. The van der Waals surface area contributed by atoms with Crippen LogP contribution in [0.5, 0.6) is 5.75 Å². The Balaban J connectivity index is 0.000000648. The van der Waals surface area contributed by atoms with Crippen LogP contribution in [-0.4, -0.2) is 54.1 Å². The molecule has 0 N–H and O–H groups in total. The van der Waals surface area contributed by atoms with Crippen molar-refractivity contribution in [1.29, 1.82) is 0 Å². The minimum Gasteiger partial charge on any atom is -0.497 e. The van der Waals surface area contributed by atoms with E-state index in [0.29, 0.717) is 5.56 Å². The van der Waals surface area contributed by atoms with E-state index in [1.165, 1.54) is 12.7 Å². The lowest BCUT2D eigenvalue weighted by Crippen LogP contribution is -2.04. The van der Waals surface area contributed by atoms with Crippen LogP contribution in [0.25, 0.3) is 0 Å². The summed E-state index contributed by atoms with van der Waals surface area (Å²) >= 11 is 0. The number of rotatable bonds is 4. The van der Waals surface area contributed by atoms with Crippen molar-refractivity contribution in [3.8, 4) is 5.75 Å². The molecule has 0 saturated carbocycles. The van der Waals surface area contributed by atoms with E-state index in [0.717, 1.165) is 11.3 Å². The minimum absolute atomic E-state index is 0.257. The molecule has 5 heteroatoms. The van der Waals surface area contributed by atoms with Gasteiger partial charge in [-0.15, -0.1) is 0 Å². The number of methoxy groups -OCH3 is 2. The number of hydrogen-bond acceptors (Lipinski definition) is 4. The molecule has 0 amide bonds. The lowest BCUT2D eigenvalue weighted by molar-refractivity contribution is 0.0600. The van der Waals surface area contributed by atoms with Gasteiger partial charge in [-0.25, -0.2) is 4.79 Å². The highest BCUT2D eigenvalue weighted by atomic mass is 16.5. The minimum atomic E-state index is -0.311. The Kier molecular flexibility index (Phi) is 8.06. The monoisotopic (exact) mass is 327 g/mol. The fraction of sp³-hybridized carbons (Fsp3) is 0.316. The summed E-state index contributed by atoms with van der Waals surface area (Å²) in [5, 5.41) is 0. The molecule has 2 aromatic rings. The Morgan fingerprint density at radius 3 is 1.71 bits per heavy atom. The largest absolute Gasteiger partial charge is 0.497 e. The molecular weight excluding hydrogens is 301 g/mol. The number of hydrogen-bond donors (Lipinski definition) is 0. The Labute approximate surface area is 145 Å². The second-order valence-corrected chi connectivity index (χ2v) is 5.95. The maximum Gasteiger partial charge on any atom is 0.337 e. The van der Waals surface area contributed by atoms with E-state index in [4.69, 9.17) is 9.47 Å². The van der Waals surface area contributed by atoms with Crippen LogP contribution in [0.1, 0.15) is 27.3 Å². The first-order valence-corrected chi connectivity index (χ1v) is 7.82. The lowest BCUT2D eigenvalue weighted by atomic mass is 9.76. The molecule has 1 unspecified atom stereocenters. The van der Waals surface area contributed by atoms with E-state index in [1.54, 1.807) is 19.2 Å². The molecule has 4 nitrogen and oxygen atoms in total.